The van der Waals surface area contributed by atoms with Crippen LogP contribution in [0.4, 0.5) is 0 Å². The van der Waals surface area contributed by atoms with Gasteiger partial charge in [0, 0.05) is 23.7 Å². The molecule has 3 saturated carbocycles. The van der Waals surface area contributed by atoms with Gasteiger partial charge in [0.2, 0.25) is 0 Å². The summed E-state index contributed by atoms with van der Waals surface area (Å²) in [7, 11) is 0. The van der Waals surface area contributed by atoms with E-state index in [-0.39, 0.29) is 23.5 Å². The summed E-state index contributed by atoms with van der Waals surface area (Å²) in [6.07, 6.45) is 14.9. The van der Waals surface area contributed by atoms with Gasteiger partial charge >= 0.3 is 0 Å². The summed E-state index contributed by atoms with van der Waals surface area (Å²) in [5.74, 6) is 3.12. The Morgan fingerprint density at radius 2 is 2.12 bits per heavy atom. The summed E-state index contributed by atoms with van der Waals surface area (Å²) < 4.78 is 6.33. The highest BCUT2D eigenvalue weighted by Crippen LogP contribution is 2.67. The van der Waals surface area contributed by atoms with Crippen molar-refractivity contribution < 1.29 is 9.84 Å². The Kier molecular flexibility index (Phi) is 3.60. The summed E-state index contributed by atoms with van der Waals surface area (Å²) in [6, 6.07) is 0. The molecule has 3 nitrogen and oxygen atoms in total. The van der Waals surface area contributed by atoms with Crippen LogP contribution in [0.5, 0.6) is 0 Å². The average Bonchev–Trinajstić information content (AvgIpc) is 3.20. The Balaban J connectivity index is 1.50. The lowest BCUT2D eigenvalue weighted by Crippen LogP contribution is -2.53. The van der Waals surface area contributed by atoms with Crippen molar-refractivity contribution in [2.75, 3.05) is 13.2 Å². The van der Waals surface area contributed by atoms with Crippen LogP contribution in [0.15, 0.2) is 23.8 Å². The largest absolute Gasteiger partial charge is 0.396 e. The first kappa shape index (κ1) is 16.3. The van der Waals surface area contributed by atoms with E-state index >= 15 is 0 Å². The number of allylic oxidation sites excluding steroid dienone is 1. The second-order valence-corrected chi connectivity index (χ2v) is 9.46. The predicted molar refractivity (Wildman–Crippen MR) is 98.6 cm³/mol. The molecule has 1 spiro atoms. The molecule has 4 unspecified atom stereocenters. The third-order valence-corrected chi connectivity index (χ3v) is 8.76. The summed E-state index contributed by atoms with van der Waals surface area (Å²) in [4.78, 5) is 0. The number of nitrogens with one attached hydrogen (secondary N) is 1. The first-order valence-electron chi connectivity index (χ1n) is 10.3. The lowest BCUT2D eigenvalue weighted by molar-refractivity contribution is -0.114. The topological polar surface area (TPSA) is 53.3 Å². The maximum atomic E-state index is 10.1. The SMILES string of the molecule is C[C@]12CCC3C(CC(CO)C4=CC(=N)CC[C@@H]43)C1CC[C@@]21C=CCO1. The van der Waals surface area contributed by atoms with E-state index in [1.54, 1.807) is 0 Å². The Hall–Kier alpha value is -0.930. The van der Waals surface area contributed by atoms with Crippen LogP contribution in [0.25, 0.3) is 0 Å². The second kappa shape index (κ2) is 5.53. The van der Waals surface area contributed by atoms with Crippen LogP contribution >= 0.6 is 0 Å². The van der Waals surface area contributed by atoms with Crippen LogP contribution in [-0.4, -0.2) is 29.6 Å². The van der Waals surface area contributed by atoms with Gasteiger partial charge in [-0.25, -0.2) is 0 Å². The van der Waals surface area contributed by atoms with Crippen molar-refractivity contribution in [2.45, 2.75) is 57.5 Å². The van der Waals surface area contributed by atoms with Gasteiger partial charge in [-0.1, -0.05) is 24.6 Å². The van der Waals surface area contributed by atoms with Crippen molar-refractivity contribution >= 4 is 5.71 Å². The minimum atomic E-state index is -0.0118. The molecule has 25 heavy (non-hydrogen) atoms. The molecular weight excluding hydrogens is 310 g/mol. The molecule has 136 valence electrons. The summed E-state index contributed by atoms with van der Waals surface area (Å²) in [6.45, 7) is 3.53. The number of aliphatic hydroxyl groups excluding tert-OH is 1. The Morgan fingerprint density at radius 3 is 2.88 bits per heavy atom. The minimum Gasteiger partial charge on any atom is -0.396 e. The molecule has 3 heteroatoms. The number of fused-ring (bicyclic) bond motifs is 6. The molecule has 1 heterocycles. The highest BCUT2D eigenvalue weighted by Gasteiger charge is 2.63. The standard InChI is InChI=1S/C22H31NO2/c1-21-8-5-17-16-4-3-15(23)12-18(16)14(13-24)11-19(17)20(21)6-9-22(21)7-2-10-25-22/h2,7,12,14,16-17,19-20,23-24H,3-6,8-11,13H2,1H3/t14?,16-,17?,19?,20?,21+,22+/m1/s1. The Bertz CT molecular complexity index is 652. The van der Waals surface area contributed by atoms with Gasteiger partial charge in [-0.05, 0) is 74.7 Å². The summed E-state index contributed by atoms with van der Waals surface area (Å²) in [5.41, 5.74) is 2.44. The van der Waals surface area contributed by atoms with E-state index in [1.807, 2.05) is 0 Å². The predicted octanol–water partition coefficient (Wildman–Crippen LogP) is 4.12. The molecule has 2 N–H and O–H groups in total. The van der Waals surface area contributed by atoms with Crippen LogP contribution in [0.3, 0.4) is 0 Å². The molecule has 0 aromatic rings. The molecule has 7 atom stereocenters. The lowest BCUT2D eigenvalue weighted by Gasteiger charge is -2.57. The quantitative estimate of drug-likeness (QED) is 0.705. The molecule has 5 aliphatic rings. The molecule has 3 fully saturated rings. The zero-order valence-corrected chi connectivity index (χ0v) is 15.3. The lowest BCUT2D eigenvalue weighted by atomic mass is 9.49. The van der Waals surface area contributed by atoms with Crippen molar-refractivity contribution in [2.24, 2.45) is 35.0 Å². The maximum Gasteiger partial charge on any atom is 0.0923 e. The monoisotopic (exact) mass is 341 g/mol. The highest BCUT2D eigenvalue weighted by atomic mass is 16.5. The Labute approximate surface area is 151 Å². The first-order valence-corrected chi connectivity index (χ1v) is 10.3. The zero-order valence-electron chi connectivity index (χ0n) is 15.3. The zero-order chi connectivity index (χ0) is 17.2. The van der Waals surface area contributed by atoms with E-state index in [9.17, 15) is 5.11 Å². The molecule has 0 saturated heterocycles. The summed E-state index contributed by atoms with van der Waals surface area (Å²) >= 11 is 0. The maximum absolute atomic E-state index is 10.1. The third-order valence-electron chi connectivity index (χ3n) is 8.76. The van der Waals surface area contributed by atoms with Gasteiger partial charge in [0.1, 0.15) is 0 Å². The van der Waals surface area contributed by atoms with Gasteiger partial charge in [0.05, 0.1) is 12.2 Å². The van der Waals surface area contributed by atoms with E-state index < -0.39 is 0 Å². The van der Waals surface area contributed by atoms with Crippen LogP contribution in [0, 0.1) is 40.4 Å². The Morgan fingerprint density at radius 1 is 1.24 bits per heavy atom. The van der Waals surface area contributed by atoms with E-state index in [4.69, 9.17) is 10.1 Å². The first-order chi connectivity index (χ1) is 12.1. The smallest absolute Gasteiger partial charge is 0.0923 e. The molecule has 0 amide bonds. The van der Waals surface area contributed by atoms with Gasteiger partial charge in [0.25, 0.3) is 0 Å². The van der Waals surface area contributed by atoms with E-state index in [0.717, 1.165) is 49.3 Å². The van der Waals surface area contributed by atoms with E-state index in [2.05, 4.69) is 25.2 Å². The minimum absolute atomic E-state index is 0.0118. The van der Waals surface area contributed by atoms with Gasteiger partial charge in [-0.3, -0.25) is 0 Å². The third kappa shape index (κ3) is 2.09. The number of hydrogen-bond donors (Lipinski definition) is 2. The van der Waals surface area contributed by atoms with Crippen LogP contribution in [0.2, 0.25) is 0 Å². The second-order valence-electron chi connectivity index (χ2n) is 9.46. The van der Waals surface area contributed by atoms with E-state index in [1.165, 1.54) is 31.3 Å². The van der Waals surface area contributed by atoms with Crippen molar-refractivity contribution in [1.82, 2.24) is 0 Å². The van der Waals surface area contributed by atoms with Crippen LogP contribution in [0.1, 0.15) is 51.9 Å². The van der Waals surface area contributed by atoms with Crippen molar-refractivity contribution in [3.63, 3.8) is 0 Å². The molecule has 0 aromatic heterocycles. The molecular formula is C22H31NO2. The number of ether oxygens (including phenoxy) is 1. The van der Waals surface area contributed by atoms with Gasteiger partial charge in [-0.15, -0.1) is 0 Å². The normalized spacial score (nSPS) is 51.2. The van der Waals surface area contributed by atoms with Crippen LogP contribution in [-0.2, 0) is 4.74 Å². The molecule has 5 rings (SSSR count). The fourth-order valence-corrected chi connectivity index (χ4v) is 7.57. The summed E-state index contributed by atoms with van der Waals surface area (Å²) in [5, 5.41) is 18.2. The average molecular weight is 341 g/mol. The molecule has 0 radical (unpaired) electrons. The molecule has 0 aromatic carbocycles. The van der Waals surface area contributed by atoms with E-state index in [0.29, 0.717) is 5.92 Å². The number of hydrogen-bond acceptors (Lipinski definition) is 3. The molecule has 0 bridgehead atoms. The van der Waals surface area contributed by atoms with Gasteiger partial charge < -0.3 is 15.3 Å². The van der Waals surface area contributed by atoms with Gasteiger partial charge in [-0.2, -0.15) is 0 Å². The number of aliphatic hydroxyl groups is 1. The fourth-order valence-electron chi connectivity index (χ4n) is 7.57. The van der Waals surface area contributed by atoms with Crippen molar-refractivity contribution in [3.8, 4) is 0 Å². The highest BCUT2D eigenvalue weighted by molar-refractivity contribution is 5.93. The van der Waals surface area contributed by atoms with Crippen LogP contribution < -0.4 is 0 Å². The fraction of sp³-hybridized carbons (Fsp3) is 0.773. The van der Waals surface area contributed by atoms with Gasteiger partial charge in [0.15, 0.2) is 0 Å². The molecule has 1 aliphatic heterocycles. The number of rotatable bonds is 1. The molecule has 4 aliphatic carbocycles. The van der Waals surface area contributed by atoms with Crippen molar-refractivity contribution in [3.05, 3.63) is 23.8 Å². The van der Waals surface area contributed by atoms with Crippen molar-refractivity contribution in [1.29, 1.82) is 5.41 Å².